The van der Waals surface area contributed by atoms with Gasteiger partial charge in [-0.15, -0.1) is 0 Å². The van der Waals surface area contributed by atoms with Crippen molar-refractivity contribution in [2.24, 2.45) is 0 Å². The summed E-state index contributed by atoms with van der Waals surface area (Å²) in [6, 6.07) is 4.54. The van der Waals surface area contributed by atoms with E-state index in [9.17, 15) is 13.2 Å². The van der Waals surface area contributed by atoms with Crippen LogP contribution in [-0.2, 0) is 10.0 Å². The molecule has 104 valence electrons. The van der Waals surface area contributed by atoms with E-state index in [0.29, 0.717) is 17.3 Å². The summed E-state index contributed by atoms with van der Waals surface area (Å²) in [5.74, 6) is -1.16. The van der Waals surface area contributed by atoms with Gasteiger partial charge in [-0.1, -0.05) is 18.9 Å². The highest BCUT2D eigenvalue weighted by atomic mass is 79.9. The first kappa shape index (κ1) is 14.3. The lowest BCUT2D eigenvalue weighted by molar-refractivity contribution is 0.0698. The number of halogens is 1. The third kappa shape index (κ3) is 3.09. The fraction of sp³-hybridized carbons (Fsp3) is 0.417. The summed E-state index contributed by atoms with van der Waals surface area (Å²) in [6.45, 7) is 0. The Kier molecular flexibility index (Phi) is 4.15. The number of carboxylic acid groups (broad SMARTS) is 1. The zero-order chi connectivity index (χ0) is 14.0. The van der Waals surface area contributed by atoms with Gasteiger partial charge in [-0.2, -0.15) is 0 Å². The molecular weight excluding hydrogens is 334 g/mol. The van der Waals surface area contributed by atoms with Crippen LogP contribution in [0.1, 0.15) is 36.0 Å². The maximum Gasteiger partial charge on any atom is 0.337 e. The second-order valence-electron chi connectivity index (χ2n) is 4.52. The molecule has 2 N–H and O–H groups in total. The van der Waals surface area contributed by atoms with E-state index >= 15 is 0 Å². The molecule has 7 heteroatoms. The molecule has 0 unspecified atom stereocenters. The van der Waals surface area contributed by atoms with Crippen LogP contribution < -0.4 is 4.72 Å². The van der Waals surface area contributed by atoms with Crippen LogP contribution in [0, 0.1) is 0 Å². The van der Waals surface area contributed by atoms with E-state index in [1.165, 1.54) is 6.07 Å². The Labute approximate surface area is 120 Å². The van der Waals surface area contributed by atoms with Crippen molar-refractivity contribution in [3.63, 3.8) is 0 Å². The number of hydrogen-bond acceptors (Lipinski definition) is 3. The summed E-state index contributed by atoms with van der Waals surface area (Å²) >= 11 is 3.19. The summed E-state index contributed by atoms with van der Waals surface area (Å²) < 4.78 is 27.3. The van der Waals surface area contributed by atoms with Gasteiger partial charge in [0.05, 0.1) is 16.5 Å². The summed E-state index contributed by atoms with van der Waals surface area (Å²) in [6.07, 6.45) is 3.05. The zero-order valence-corrected chi connectivity index (χ0v) is 12.5. The maximum absolute atomic E-state index is 12.2. The lowest BCUT2D eigenvalue weighted by Crippen LogP contribution is -2.26. The van der Waals surface area contributed by atoms with Crippen molar-refractivity contribution in [3.8, 4) is 0 Å². The highest BCUT2D eigenvalue weighted by molar-refractivity contribution is 9.10. The Morgan fingerprint density at radius 3 is 2.53 bits per heavy atom. The summed E-state index contributed by atoms with van der Waals surface area (Å²) in [4.78, 5) is 11.1. The molecule has 0 radical (unpaired) electrons. The van der Waals surface area contributed by atoms with E-state index < -0.39 is 21.2 Å². The van der Waals surface area contributed by atoms with Crippen molar-refractivity contribution >= 4 is 37.6 Å². The average Bonchev–Trinajstić information content (AvgIpc) is 2.85. The minimum Gasteiger partial charge on any atom is -0.478 e. The van der Waals surface area contributed by atoms with Crippen LogP contribution in [0.25, 0.3) is 0 Å². The molecule has 5 nitrogen and oxygen atoms in total. The van der Waals surface area contributed by atoms with Gasteiger partial charge in [-0.05, 0) is 40.9 Å². The molecule has 1 aliphatic carbocycles. The van der Waals surface area contributed by atoms with Crippen molar-refractivity contribution < 1.29 is 18.3 Å². The largest absolute Gasteiger partial charge is 0.478 e. The summed E-state index contributed by atoms with van der Waals surface area (Å²) in [5.41, 5.74) is 0.0397. The molecule has 0 heterocycles. The SMILES string of the molecule is O=C(O)c1cccc(Br)c1NS(=O)(=O)C1CCCC1. The van der Waals surface area contributed by atoms with Crippen LogP contribution in [0.3, 0.4) is 0 Å². The average molecular weight is 348 g/mol. The van der Waals surface area contributed by atoms with Crippen molar-refractivity contribution in [3.05, 3.63) is 28.2 Å². The first-order chi connectivity index (χ1) is 8.92. The van der Waals surface area contributed by atoms with Gasteiger partial charge >= 0.3 is 5.97 Å². The standard InChI is InChI=1S/C12H14BrNO4S/c13-10-7-3-6-9(12(15)16)11(10)14-19(17,18)8-4-1-2-5-8/h3,6-8,14H,1-2,4-5H2,(H,15,16). The number of sulfonamides is 1. The number of rotatable bonds is 4. The lowest BCUT2D eigenvalue weighted by Gasteiger charge is -2.16. The molecule has 2 rings (SSSR count). The Balaban J connectivity index is 2.35. The van der Waals surface area contributed by atoms with E-state index in [1.807, 2.05) is 0 Å². The second-order valence-corrected chi connectivity index (χ2v) is 7.34. The molecule has 0 spiro atoms. The maximum atomic E-state index is 12.2. The molecule has 0 aromatic heterocycles. The zero-order valence-electron chi connectivity index (χ0n) is 10.1. The topological polar surface area (TPSA) is 83.5 Å². The van der Waals surface area contributed by atoms with E-state index in [0.717, 1.165) is 12.8 Å². The van der Waals surface area contributed by atoms with Gasteiger partial charge in [0.15, 0.2) is 0 Å². The van der Waals surface area contributed by atoms with Crippen LogP contribution >= 0.6 is 15.9 Å². The quantitative estimate of drug-likeness (QED) is 0.876. The third-order valence-corrected chi connectivity index (χ3v) is 5.73. The monoisotopic (exact) mass is 347 g/mol. The predicted molar refractivity (Wildman–Crippen MR) is 75.9 cm³/mol. The number of aromatic carboxylic acids is 1. The van der Waals surface area contributed by atoms with Gasteiger partial charge in [-0.25, -0.2) is 13.2 Å². The molecule has 0 atom stereocenters. The lowest BCUT2D eigenvalue weighted by atomic mass is 10.2. The van der Waals surface area contributed by atoms with Crippen molar-refractivity contribution in [1.82, 2.24) is 0 Å². The van der Waals surface area contributed by atoms with Crippen LogP contribution in [-0.4, -0.2) is 24.7 Å². The van der Waals surface area contributed by atoms with Crippen LogP contribution in [0.2, 0.25) is 0 Å². The Morgan fingerprint density at radius 2 is 1.95 bits per heavy atom. The molecule has 1 aromatic rings. The van der Waals surface area contributed by atoms with Gasteiger partial charge in [0.25, 0.3) is 0 Å². The Bertz CT molecular complexity index is 594. The van der Waals surface area contributed by atoms with Gasteiger partial charge in [0.2, 0.25) is 10.0 Å². The second kappa shape index (κ2) is 5.50. The van der Waals surface area contributed by atoms with Crippen molar-refractivity contribution in [2.75, 3.05) is 4.72 Å². The van der Waals surface area contributed by atoms with Gasteiger partial charge < -0.3 is 5.11 Å². The highest BCUT2D eigenvalue weighted by Gasteiger charge is 2.30. The van der Waals surface area contributed by atoms with E-state index in [-0.39, 0.29) is 11.3 Å². The molecule has 19 heavy (non-hydrogen) atoms. The van der Waals surface area contributed by atoms with E-state index in [1.54, 1.807) is 12.1 Å². The van der Waals surface area contributed by atoms with Crippen LogP contribution in [0.5, 0.6) is 0 Å². The predicted octanol–water partition coefficient (Wildman–Crippen LogP) is 2.83. The highest BCUT2D eigenvalue weighted by Crippen LogP contribution is 2.31. The minimum atomic E-state index is -3.53. The van der Waals surface area contributed by atoms with Crippen LogP contribution in [0.15, 0.2) is 22.7 Å². The fourth-order valence-corrected chi connectivity index (χ4v) is 4.45. The van der Waals surface area contributed by atoms with Gasteiger partial charge in [0.1, 0.15) is 0 Å². The van der Waals surface area contributed by atoms with Crippen molar-refractivity contribution in [1.29, 1.82) is 0 Å². The first-order valence-corrected chi connectivity index (χ1v) is 8.29. The molecular formula is C12H14BrNO4S. The molecule has 0 bridgehead atoms. The molecule has 1 saturated carbocycles. The first-order valence-electron chi connectivity index (χ1n) is 5.95. The number of carboxylic acids is 1. The van der Waals surface area contributed by atoms with Gasteiger partial charge in [-0.3, -0.25) is 4.72 Å². The number of nitrogens with one attached hydrogen (secondary N) is 1. The van der Waals surface area contributed by atoms with E-state index in [4.69, 9.17) is 5.11 Å². The number of carbonyl (C=O) groups is 1. The summed E-state index contributed by atoms with van der Waals surface area (Å²) in [7, 11) is -3.53. The van der Waals surface area contributed by atoms with Crippen LogP contribution in [0.4, 0.5) is 5.69 Å². The number of para-hydroxylation sites is 1. The third-order valence-electron chi connectivity index (χ3n) is 3.23. The molecule has 1 aromatic carbocycles. The number of benzene rings is 1. The smallest absolute Gasteiger partial charge is 0.337 e. The Hall–Kier alpha value is -1.08. The van der Waals surface area contributed by atoms with Crippen molar-refractivity contribution in [2.45, 2.75) is 30.9 Å². The Morgan fingerprint density at radius 1 is 1.32 bits per heavy atom. The summed E-state index contributed by atoms with van der Waals surface area (Å²) in [5, 5.41) is 8.67. The fourth-order valence-electron chi connectivity index (χ4n) is 2.23. The minimum absolute atomic E-state index is 0.0593. The van der Waals surface area contributed by atoms with Gasteiger partial charge in [0, 0.05) is 4.47 Å². The molecule has 1 fully saturated rings. The molecule has 1 aliphatic rings. The van der Waals surface area contributed by atoms with E-state index in [2.05, 4.69) is 20.7 Å². The normalized spacial score (nSPS) is 16.5. The number of hydrogen-bond donors (Lipinski definition) is 2. The molecule has 0 aliphatic heterocycles. The molecule has 0 amide bonds. The number of anilines is 1. The molecule has 0 saturated heterocycles.